The molecule has 1 aromatic heterocycles. The first-order chi connectivity index (χ1) is 10.2. The lowest BCUT2D eigenvalue weighted by atomic mass is 9.99. The smallest absolute Gasteiger partial charge is 0.0708 e. The summed E-state index contributed by atoms with van der Waals surface area (Å²) in [4.78, 5) is 4.64. The summed E-state index contributed by atoms with van der Waals surface area (Å²) in [5.41, 5.74) is 6.38. The Kier molecular flexibility index (Phi) is 4.01. The molecule has 106 valence electrons. The zero-order valence-corrected chi connectivity index (χ0v) is 12.8. The third kappa shape index (κ3) is 3.30. The topological polar surface area (TPSA) is 12.9 Å². The second kappa shape index (κ2) is 6.09. The van der Waals surface area contributed by atoms with Gasteiger partial charge < -0.3 is 0 Å². The van der Waals surface area contributed by atoms with Gasteiger partial charge in [-0.15, -0.1) is 0 Å². The Morgan fingerprint density at radius 2 is 1.67 bits per heavy atom. The van der Waals surface area contributed by atoms with Crippen LogP contribution < -0.4 is 0 Å². The Hall–Kier alpha value is -2.15. The third-order valence-corrected chi connectivity index (χ3v) is 3.93. The minimum absolute atomic E-state index is 1.11. The summed E-state index contributed by atoms with van der Waals surface area (Å²) < 4.78 is 0. The Balaban J connectivity index is 1.81. The van der Waals surface area contributed by atoms with E-state index in [2.05, 4.69) is 73.4 Å². The SMILES string of the molecule is Cc1ccc2nc(C)cc(CCCc3ccccc3)c2c1. The molecule has 0 fully saturated rings. The number of aromatic nitrogens is 1. The van der Waals surface area contributed by atoms with E-state index in [1.54, 1.807) is 0 Å². The van der Waals surface area contributed by atoms with E-state index in [0.717, 1.165) is 24.1 Å². The Labute approximate surface area is 126 Å². The molecule has 0 unspecified atom stereocenters. The molecule has 0 radical (unpaired) electrons. The third-order valence-electron chi connectivity index (χ3n) is 3.93. The van der Waals surface area contributed by atoms with Crippen LogP contribution >= 0.6 is 0 Å². The Bertz CT molecular complexity index is 744. The molecule has 2 aromatic carbocycles. The maximum atomic E-state index is 4.64. The maximum Gasteiger partial charge on any atom is 0.0708 e. The van der Waals surface area contributed by atoms with Gasteiger partial charge in [-0.25, -0.2) is 0 Å². The fourth-order valence-electron chi connectivity index (χ4n) is 2.89. The van der Waals surface area contributed by atoms with Crippen LogP contribution in [-0.2, 0) is 12.8 Å². The molecule has 0 amide bonds. The van der Waals surface area contributed by atoms with E-state index >= 15 is 0 Å². The predicted molar refractivity (Wildman–Crippen MR) is 89.7 cm³/mol. The summed E-state index contributed by atoms with van der Waals surface area (Å²) in [6.45, 7) is 4.23. The largest absolute Gasteiger partial charge is 0.253 e. The molecule has 0 aliphatic rings. The molecule has 1 heteroatoms. The summed E-state index contributed by atoms with van der Waals surface area (Å²) in [7, 11) is 0. The van der Waals surface area contributed by atoms with Crippen molar-refractivity contribution in [2.24, 2.45) is 0 Å². The summed E-state index contributed by atoms with van der Waals surface area (Å²) in [5.74, 6) is 0. The minimum atomic E-state index is 1.11. The number of hydrogen-bond donors (Lipinski definition) is 0. The molecule has 1 nitrogen and oxygen atoms in total. The second-order valence-corrected chi connectivity index (χ2v) is 5.78. The first-order valence-electron chi connectivity index (χ1n) is 7.63. The van der Waals surface area contributed by atoms with Crippen molar-refractivity contribution < 1.29 is 0 Å². The highest BCUT2D eigenvalue weighted by Gasteiger charge is 2.05. The number of nitrogens with zero attached hydrogens (tertiary/aromatic N) is 1. The standard InChI is InChI=1S/C20H21N/c1-15-11-12-20-19(13-15)18(14-16(2)21-20)10-6-9-17-7-4-3-5-8-17/h3-5,7-8,11-14H,6,9-10H2,1-2H3. The van der Waals surface area contributed by atoms with Crippen molar-refractivity contribution in [3.05, 3.63) is 77.0 Å². The van der Waals surface area contributed by atoms with Crippen molar-refractivity contribution in [3.8, 4) is 0 Å². The number of pyridine rings is 1. The first-order valence-corrected chi connectivity index (χ1v) is 7.63. The van der Waals surface area contributed by atoms with E-state index < -0.39 is 0 Å². The lowest BCUT2D eigenvalue weighted by Crippen LogP contribution is -1.95. The number of fused-ring (bicyclic) bond motifs is 1. The van der Waals surface area contributed by atoms with Crippen LogP contribution in [0.25, 0.3) is 10.9 Å². The van der Waals surface area contributed by atoms with Crippen molar-refractivity contribution >= 4 is 10.9 Å². The summed E-state index contributed by atoms with van der Waals surface area (Å²) in [6, 6.07) is 19.5. The van der Waals surface area contributed by atoms with Crippen LogP contribution in [0.2, 0.25) is 0 Å². The highest BCUT2D eigenvalue weighted by molar-refractivity contribution is 5.83. The van der Waals surface area contributed by atoms with Crippen molar-refractivity contribution in [1.29, 1.82) is 0 Å². The average molecular weight is 275 g/mol. The van der Waals surface area contributed by atoms with Crippen LogP contribution in [0.15, 0.2) is 54.6 Å². The van der Waals surface area contributed by atoms with E-state index in [0.29, 0.717) is 0 Å². The van der Waals surface area contributed by atoms with Gasteiger partial charge in [0.05, 0.1) is 5.52 Å². The van der Waals surface area contributed by atoms with Gasteiger partial charge in [-0.2, -0.15) is 0 Å². The molecule has 0 aliphatic carbocycles. The van der Waals surface area contributed by atoms with E-state index in [1.165, 1.54) is 28.5 Å². The lowest BCUT2D eigenvalue weighted by Gasteiger charge is -2.09. The summed E-state index contributed by atoms with van der Waals surface area (Å²) in [5, 5.41) is 1.31. The van der Waals surface area contributed by atoms with Crippen LogP contribution in [0.1, 0.15) is 28.8 Å². The molecule has 3 rings (SSSR count). The van der Waals surface area contributed by atoms with Gasteiger partial charge in [0.15, 0.2) is 0 Å². The maximum absolute atomic E-state index is 4.64. The van der Waals surface area contributed by atoms with Gasteiger partial charge in [-0.05, 0) is 62.4 Å². The molecular weight excluding hydrogens is 254 g/mol. The quantitative estimate of drug-likeness (QED) is 0.651. The van der Waals surface area contributed by atoms with Crippen LogP contribution in [0, 0.1) is 13.8 Å². The zero-order valence-electron chi connectivity index (χ0n) is 12.8. The summed E-state index contributed by atoms with van der Waals surface area (Å²) >= 11 is 0. The molecule has 0 bridgehead atoms. The van der Waals surface area contributed by atoms with Crippen LogP contribution in [-0.4, -0.2) is 4.98 Å². The first kappa shape index (κ1) is 13.8. The number of hydrogen-bond acceptors (Lipinski definition) is 1. The molecule has 0 saturated carbocycles. The zero-order chi connectivity index (χ0) is 14.7. The second-order valence-electron chi connectivity index (χ2n) is 5.78. The number of rotatable bonds is 4. The van der Waals surface area contributed by atoms with E-state index in [4.69, 9.17) is 0 Å². The number of benzene rings is 2. The molecule has 0 saturated heterocycles. The molecule has 0 N–H and O–H groups in total. The van der Waals surface area contributed by atoms with Gasteiger partial charge in [0.2, 0.25) is 0 Å². The van der Waals surface area contributed by atoms with Gasteiger partial charge in [0.25, 0.3) is 0 Å². The van der Waals surface area contributed by atoms with Crippen molar-refractivity contribution in [1.82, 2.24) is 4.98 Å². The fraction of sp³-hybridized carbons (Fsp3) is 0.250. The van der Waals surface area contributed by atoms with Gasteiger partial charge in [-0.1, -0.05) is 42.0 Å². The molecule has 0 spiro atoms. The average Bonchev–Trinajstić information content (AvgIpc) is 2.49. The summed E-state index contributed by atoms with van der Waals surface area (Å²) in [6.07, 6.45) is 3.42. The van der Waals surface area contributed by atoms with Crippen molar-refractivity contribution in [2.45, 2.75) is 33.1 Å². The van der Waals surface area contributed by atoms with E-state index in [9.17, 15) is 0 Å². The molecule has 21 heavy (non-hydrogen) atoms. The molecule has 0 aliphatic heterocycles. The van der Waals surface area contributed by atoms with Gasteiger partial charge in [0, 0.05) is 11.1 Å². The minimum Gasteiger partial charge on any atom is -0.253 e. The fourth-order valence-corrected chi connectivity index (χ4v) is 2.89. The Morgan fingerprint density at radius 1 is 0.857 bits per heavy atom. The van der Waals surface area contributed by atoms with E-state index in [-0.39, 0.29) is 0 Å². The molecule has 1 heterocycles. The predicted octanol–water partition coefficient (Wildman–Crippen LogP) is 5.03. The normalized spacial score (nSPS) is 11.0. The van der Waals surface area contributed by atoms with Crippen LogP contribution in [0.4, 0.5) is 0 Å². The lowest BCUT2D eigenvalue weighted by molar-refractivity contribution is 0.823. The monoisotopic (exact) mass is 275 g/mol. The van der Waals surface area contributed by atoms with Gasteiger partial charge >= 0.3 is 0 Å². The highest BCUT2D eigenvalue weighted by Crippen LogP contribution is 2.21. The molecular formula is C20H21N. The molecule has 3 aromatic rings. The van der Waals surface area contributed by atoms with Gasteiger partial charge in [-0.3, -0.25) is 4.98 Å². The van der Waals surface area contributed by atoms with E-state index in [1.807, 2.05) is 0 Å². The molecule has 0 atom stereocenters. The Morgan fingerprint density at radius 3 is 2.48 bits per heavy atom. The van der Waals surface area contributed by atoms with Crippen LogP contribution in [0.3, 0.4) is 0 Å². The van der Waals surface area contributed by atoms with Crippen molar-refractivity contribution in [2.75, 3.05) is 0 Å². The highest BCUT2D eigenvalue weighted by atomic mass is 14.7. The van der Waals surface area contributed by atoms with Gasteiger partial charge in [0.1, 0.15) is 0 Å². The van der Waals surface area contributed by atoms with Crippen molar-refractivity contribution in [3.63, 3.8) is 0 Å². The number of aryl methyl sites for hydroxylation is 4. The van der Waals surface area contributed by atoms with Crippen LogP contribution in [0.5, 0.6) is 0 Å².